The Bertz CT molecular complexity index is 777. The highest BCUT2D eigenvalue weighted by molar-refractivity contribution is 5.33. The van der Waals surface area contributed by atoms with Gasteiger partial charge in [-0.15, -0.1) is 13.2 Å². The lowest BCUT2D eigenvalue weighted by atomic mass is 9.75. The fourth-order valence-corrected chi connectivity index (χ4v) is 5.78. The van der Waals surface area contributed by atoms with Crippen molar-refractivity contribution in [1.29, 1.82) is 0 Å². The number of rotatable bonds is 6. The van der Waals surface area contributed by atoms with E-state index in [-0.39, 0.29) is 24.9 Å². The molecule has 2 saturated carbocycles. The van der Waals surface area contributed by atoms with Crippen LogP contribution in [0.25, 0.3) is 0 Å². The average Bonchev–Trinajstić information content (AvgIpc) is 3.30. The van der Waals surface area contributed by atoms with Crippen molar-refractivity contribution in [2.45, 2.75) is 82.8 Å². The van der Waals surface area contributed by atoms with Crippen LogP contribution in [0.1, 0.15) is 64.2 Å². The zero-order valence-electron chi connectivity index (χ0n) is 18.4. The summed E-state index contributed by atoms with van der Waals surface area (Å²) in [6.45, 7) is 0.772. The van der Waals surface area contributed by atoms with Crippen molar-refractivity contribution in [1.82, 2.24) is 0 Å². The zero-order valence-corrected chi connectivity index (χ0v) is 18.4. The van der Waals surface area contributed by atoms with Gasteiger partial charge in [0.05, 0.1) is 18.6 Å². The van der Waals surface area contributed by atoms with Gasteiger partial charge >= 0.3 is 12.5 Å². The summed E-state index contributed by atoms with van der Waals surface area (Å²) in [7, 11) is 0. The molecule has 0 radical (unpaired) electrons. The summed E-state index contributed by atoms with van der Waals surface area (Å²) in [5.74, 6) is -2.45. The van der Waals surface area contributed by atoms with Gasteiger partial charge < -0.3 is 14.2 Å². The molecule has 33 heavy (non-hydrogen) atoms. The van der Waals surface area contributed by atoms with E-state index < -0.39 is 35.7 Å². The van der Waals surface area contributed by atoms with Crippen molar-refractivity contribution in [3.8, 4) is 11.5 Å². The van der Waals surface area contributed by atoms with Crippen molar-refractivity contribution in [3.05, 3.63) is 24.0 Å². The van der Waals surface area contributed by atoms with Crippen LogP contribution < -0.4 is 9.47 Å². The van der Waals surface area contributed by atoms with Crippen LogP contribution in [0.3, 0.4) is 0 Å². The molecule has 0 spiro atoms. The third-order valence-corrected chi connectivity index (χ3v) is 7.57. The van der Waals surface area contributed by atoms with Crippen molar-refractivity contribution in [2.75, 3.05) is 6.61 Å². The summed E-state index contributed by atoms with van der Waals surface area (Å²) in [5, 5.41) is 0. The predicted octanol–water partition coefficient (Wildman–Crippen LogP) is 7.49. The predicted molar refractivity (Wildman–Crippen MR) is 109 cm³/mol. The Morgan fingerprint density at radius 2 is 1.42 bits per heavy atom. The lowest BCUT2D eigenvalue weighted by Gasteiger charge is -2.40. The molecule has 3 aliphatic rings. The Morgan fingerprint density at radius 1 is 0.758 bits per heavy atom. The normalized spacial score (nSPS) is 29.8. The first kappa shape index (κ1) is 24.5. The molecule has 2 aliphatic carbocycles. The van der Waals surface area contributed by atoms with Crippen LogP contribution in [-0.4, -0.2) is 25.2 Å². The van der Waals surface area contributed by atoms with Gasteiger partial charge in [-0.2, -0.15) is 8.78 Å². The molecular weight excluding hydrogens is 450 g/mol. The van der Waals surface area contributed by atoms with Crippen molar-refractivity contribution < 1.29 is 40.6 Å². The van der Waals surface area contributed by atoms with Crippen LogP contribution in [-0.2, 0) is 4.74 Å². The molecule has 9 heteroatoms. The molecule has 0 amide bonds. The molecule has 1 aromatic carbocycles. The Morgan fingerprint density at radius 3 is 2.00 bits per heavy atom. The molecule has 0 aromatic heterocycles. The lowest BCUT2D eigenvalue weighted by Crippen LogP contribution is -2.40. The topological polar surface area (TPSA) is 27.7 Å². The van der Waals surface area contributed by atoms with E-state index in [1.807, 2.05) is 0 Å². The van der Waals surface area contributed by atoms with Gasteiger partial charge in [-0.1, -0.05) is 25.7 Å². The van der Waals surface area contributed by atoms with Gasteiger partial charge in [0.2, 0.25) is 0 Å². The van der Waals surface area contributed by atoms with Crippen molar-refractivity contribution in [3.63, 3.8) is 0 Å². The highest BCUT2D eigenvalue weighted by Gasteiger charge is 2.45. The van der Waals surface area contributed by atoms with E-state index in [2.05, 4.69) is 4.74 Å². The first-order chi connectivity index (χ1) is 15.6. The van der Waals surface area contributed by atoms with Gasteiger partial charge in [-0.05, 0) is 68.4 Å². The van der Waals surface area contributed by atoms with E-state index in [0.29, 0.717) is 30.9 Å². The number of ether oxygens (including phenoxy) is 3. The molecule has 1 aliphatic heterocycles. The minimum absolute atomic E-state index is 0.119. The lowest BCUT2D eigenvalue weighted by molar-refractivity contribution is -0.275. The Kier molecular flexibility index (Phi) is 7.36. The second-order valence-electron chi connectivity index (χ2n) is 9.67. The molecule has 2 atom stereocenters. The first-order valence-electron chi connectivity index (χ1n) is 11.8. The standard InChI is InChI=1S/C24H30F6O3/c25-20-13-19(10-12-22(20)33-24(28,29)30)32-23(26,27)18-8-5-16(6-9-18)21-11-7-17(14-31-21)15-3-1-2-4-15/h10,12-13,15-18,21H,1-9,11,14H2. The van der Waals surface area contributed by atoms with Crippen molar-refractivity contribution >= 4 is 0 Å². The maximum Gasteiger partial charge on any atom is 0.573 e. The summed E-state index contributed by atoms with van der Waals surface area (Å²) < 4.78 is 94.3. The first-order valence-corrected chi connectivity index (χ1v) is 11.8. The van der Waals surface area contributed by atoms with E-state index in [0.717, 1.165) is 31.4 Å². The van der Waals surface area contributed by atoms with E-state index in [9.17, 15) is 26.3 Å². The third kappa shape index (κ3) is 6.28. The number of hydrogen-bond acceptors (Lipinski definition) is 3. The molecule has 1 heterocycles. The quantitative estimate of drug-likeness (QED) is 0.395. The summed E-state index contributed by atoms with van der Waals surface area (Å²) in [6, 6.07) is 1.96. The molecule has 2 unspecified atom stereocenters. The maximum atomic E-state index is 14.7. The minimum Gasteiger partial charge on any atom is -0.432 e. The molecule has 0 N–H and O–H groups in total. The van der Waals surface area contributed by atoms with Crippen LogP contribution >= 0.6 is 0 Å². The largest absolute Gasteiger partial charge is 0.573 e. The summed E-state index contributed by atoms with van der Waals surface area (Å²) in [6.07, 6.45) is 0.535. The Balaban J connectivity index is 1.26. The number of halogens is 6. The van der Waals surface area contributed by atoms with Crippen LogP contribution in [0.2, 0.25) is 0 Å². The molecule has 186 valence electrons. The Labute approximate surface area is 189 Å². The summed E-state index contributed by atoms with van der Waals surface area (Å²) in [5.41, 5.74) is 0. The minimum atomic E-state index is -5.08. The zero-order chi connectivity index (χ0) is 23.6. The van der Waals surface area contributed by atoms with Gasteiger partial charge in [-0.3, -0.25) is 0 Å². The van der Waals surface area contributed by atoms with Gasteiger partial charge in [0, 0.05) is 6.07 Å². The number of hydrogen-bond donors (Lipinski definition) is 0. The second kappa shape index (κ2) is 9.92. The molecule has 3 fully saturated rings. The SMILES string of the molecule is Fc1cc(OC(F)(F)C2CCC(C3CCC(C4CCCC4)CO3)CC2)ccc1OC(F)(F)F. The van der Waals surface area contributed by atoms with Gasteiger partial charge in [0.15, 0.2) is 11.6 Å². The van der Waals surface area contributed by atoms with Crippen LogP contribution in [0.15, 0.2) is 18.2 Å². The Hall–Kier alpha value is -1.64. The van der Waals surface area contributed by atoms with Crippen LogP contribution in [0.4, 0.5) is 26.3 Å². The summed E-state index contributed by atoms with van der Waals surface area (Å²) in [4.78, 5) is 0. The maximum absolute atomic E-state index is 14.7. The molecule has 0 bridgehead atoms. The fraction of sp³-hybridized carbons (Fsp3) is 0.750. The number of alkyl halides is 5. The van der Waals surface area contributed by atoms with E-state index >= 15 is 0 Å². The summed E-state index contributed by atoms with van der Waals surface area (Å²) >= 11 is 0. The fourth-order valence-electron chi connectivity index (χ4n) is 5.78. The van der Waals surface area contributed by atoms with Gasteiger partial charge in [0.25, 0.3) is 0 Å². The third-order valence-electron chi connectivity index (χ3n) is 7.57. The smallest absolute Gasteiger partial charge is 0.432 e. The molecule has 1 saturated heterocycles. The van der Waals surface area contributed by atoms with E-state index in [1.54, 1.807) is 0 Å². The molecule has 4 rings (SSSR count). The highest BCUT2D eigenvalue weighted by atomic mass is 19.4. The van der Waals surface area contributed by atoms with E-state index in [1.165, 1.54) is 25.7 Å². The molecule has 1 aromatic rings. The van der Waals surface area contributed by atoms with Crippen LogP contribution in [0, 0.1) is 29.5 Å². The van der Waals surface area contributed by atoms with Gasteiger partial charge in [0.1, 0.15) is 5.75 Å². The molecule has 3 nitrogen and oxygen atoms in total. The van der Waals surface area contributed by atoms with Gasteiger partial charge in [-0.25, -0.2) is 4.39 Å². The number of benzene rings is 1. The van der Waals surface area contributed by atoms with Crippen LogP contribution in [0.5, 0.6) is 11.5 Å². The van der Waals surface area contributed by atoms with Crippen molar-refractivity contribution in [2.24, 2.45) is 23.7 Å². The highest BCUT2D eigenvalue weighted by Crippen LogP contribution is 2.44. The van der Waals surface area contributed by atoms with E-state index in [4.69, 9.17) is 9.47 Å². The second-order valence-corrected chi connectivity index (χ2v) is 9.67. The average molecular weight is 480 g/mol. The monoisotopic (exact) mass is 480 g/mol. The molecular formula is C24H30F6O3.